The number of benzene rings is 3. The van der Waals surface area contributed by atoms with Crippen LogP contribution in [0.25, 0.3) is 0 Å². The lowest BCUT2D eigenvalue weighted by Gasteiger charge is -2.14. The van der Waals surface area contributed by atoms with Crippen LogP contribution in [-0.2, 0) is 4.79 Å². The van der Waals surface area contributed by atoms with Gasteiger partial charge in [0, 0.05) is 5.56 Å². The number of hydrogen-bond acceptors (Lipinski definition) is 8. The zero-order valence-corrected chi connectivity index (χ0v) is 18.8. The highest BCUT2D eigenvalue weighted by atomic mass is 16.5. The van der Waals surface area contributed by atoms with Gasteiger partial charge in [-0.3, -0.25) is 4.79 Å². The van der Waals surface area contributed by atoms with Crippen LogP contribution in [0.5, 0.6) is 23.0 Å². The van der Waals surface area contributed by atoms with E-state index in [1.807, 2.05) is 0 Å². The highest BCUT2D eigenvalue weighted by Crippen LogP contribution is 2.38. The first-order valence-electron chi connectivity index (χ1n) is 10.2. The molecule has 176 valence electrons. The third-order valence-electron chi connectivity index (χ3n) is 4.76. The molecule has 0 aliphatic carbocycles. The Hall–Kier alpha value is -4.37. The standard InChI is InChI=1S/C25H24N2O7/c1-31-20-13-18(14-21(32-2)23(20)33-3)25(30)34-19-12-8-7-11-17(19)15-26-27-24(29)22(28)16-9-5-4-6-10-16/h4-15,22,28H,1-3H3,(H,27,29)/b26-15+. The van der Waals surface area contributed by atoms with Crippen LogP contribution in [0.3, 0.4) is 0 Å². The maximum absolute atomic E-state index is 12.8. The summed E-state index contributed by atoms with van der Waals surface area (Å²) >= 11 is 0. The van der Waals surface area contributed by atoms with Gasteiger partial charge in [0.25, 0.3) is 5.91 Å². The molecule has 0 aliphatic heterocycles. The maximum Gasteiger partial charge on any atom is 0.343 e. The summed E-state index contributed by atoms with van der Waals surface area (Å²) in [6, 6.07) is 18.1. The normalized spacial score (nSPS) is 11.5. The smallest absolute Gasteiger partial charge is 0.343 e. The number of nitrogens with zero attached hydrogens (tertiary/aromatic N) is 1. The first-order chi connectivity index (χ1) is 16.5. The number of rotatable bonds is 9. The van der Waals surface area contributed by atoms with Crippen molar-refractivity contribution in [1.82, 2.24) is 5.43 Å². The van der Waals surface area contributed by atoms with Crippen LogP contribution in [0, 0.1) is 0 Å². The van der Waals surface area contributed by atoms with Gasteiger partial charge in [0.2, 0.25) is 5.75 Å². The molecule has 34 heavy (non-hydrogen) atoms. The lowest BCUT2D eigenvalue weighted by atomic mass is 10.1. The molecule has 0 bridgehead atoms. The second-order valence-corrected chi connectivity index (χ2v) is 6.89. The van der Waals surface area contributed by atoms with Crippen molar-refractivity contribution in [3.05, 3.63) is 83.4 Å². The molecule has 0 spiro atoms. The number of esters is 1. The van der Waals surface area contributed by atoms with Crippen LogP contribution in [0.1, 0.15) is 27.6 Å². The third kappa shape index (κ3) is 5.70. The van der Waals surface area contributed by atoms with E-state index in [4.69, 9.17) is 18.9 Å². The van der Waals surface area contributed by atoms with E-state index in [1.165, 1.54) is 39.7 Å². The number of aliphatic hydroxyl groups excluding tert-OH is 1. The van der Waals surface area contributed by atoms with Crippen molar-refractivity contribution in [2.24, 2.45) is 5.10 Å². The van der Waals surface area contributed by atoms with Gasteiger partial charge in [-0.1, -0.05) is 42.5 Å². The number of carbonyl (C=O) groups excluding carboxylic acids is 2. The number of amides is 1. The van der Waals surface area contributed by atoms with Gasteiger partial charge in [-0.15, -0.1) is 0 Å². The molecular formula is C25H24N2O7. The first-order valence-corrected chi connectivity index (χ1v) is 10.2. The van der Waals surface area contributed by atoms with Gasteiger partial charge in [-0.05, 0) is 29.8 Å². The molecule has 0 saturated heterocycles. The van der Waals surface area contributed by atoms with Crippen molar-refractivity contribution in [1.29, 1.82) is 0 Å². The number of hydrogen-bond donors (Lipinski definition) is 2. The SMILES string of the molecule is COc1cc(C(=O)Oc2ccccc2/C=N/NC(=O)C(O)c2ccccc2)cc(OC)c1OC. The predicted octanol–water partition coefficient (Wildman–Crippen LogP) is 3.12. The zero-order chi connectivity index (χ0) is 24.5. The predicted molar refractivity (Wildman–Crippen MR) is 125 cm³/mol. The molecule has 3 rings (SSSR count). The minimum Gasteiger partial charge on any atom is -0.493 e. The van der Waals surface area contributed by atoms with E-state index in [2.05, 4.69) is 10.5 Å². The summed E-state index contributed by atoms with van der Waals surface area (Å²) in [4.78, 5) is 25.0. The summed E-state index contributed by atoms with van der Waals surface area (Å²) in [5.74, 6) is -0.185. The highest BCUT2D eigenvalue weighted by molar-refractivity contribution is 5.94. The second-order valence-electron chi connectivity index (χ2n) is 6.89. The molecule has 0 saturated carbocycles. The fourth-order valence-electron chi connectivity index (χ4n) is 3.05. The lowest BCUT2D eigenvalue weighted by molar-refractivity contribution is -0.129. The van der Waals surface area contributed by atoms with Crippen molar-refractivity contribution >= 4 is 18.1 Å². The van der Waals surface area contributed by atoms with Crippen LogP contribution in [0.15, 0.2) is 71.8 Å². The number of carbonyl (C=O) groups is 2. The maximum atomic E-state index is 12.8. The van der Waals surface area contributed by atoms with E-state index in [0.717, 1.165) is 0 Å². The number of ether oxygens (including phenoxy) is 4. The summed E-state index contributed by atoms with van der Waals surface area (Å²) < 4.78 is 21.4. The van der Waals surface area contributed by atoms with E-state index < -0.39 is 18.0 Å². The average molecular weight is 464 g/mol. The quantitative estimate of drug-likeness (QED) is 0.216. The van der Waals surface area contributed by atoms with Crippen molar-refractivity contribution in [3.63, 3.8) is 0 Å². The molecule has 9 nitrogen and oxygen atoms in total. The Kier molecular flexibility index (Phi) is 8.20. The number of hydrazone groups is 1. The second kappa shape index (κ2) is 11.5. The number of para-hydroxylation sites is 1. The van der Waals surface area contributed by atoms with Crippen molar-refractivity contribution in [2.45, 2.75) is 6.10 Å². The van der Waals surface area contributed by atoms with E-state index in [1.54, 1.807) is 54.6 Å². The van der Waals surface area contributed by atoms with Crippen LogP contribution >= 0.6 is 0 Å². The number of nitrogens with one attached hydrogen (secondary N) is 1. The average Bonchev–Trinajstić information content (AvgIpc) is 2.88. The minimum absolute atomic E-state index is 0.181. The van der Waals surface area contributed by atoms with Gasteiger partial charge < -0.3 is 24.1 Å². The fraction of sp³-hybridized carbons (Fsp3) is 0.160. The molecule has 0 aliphatic rings. The summed E-state index contributed by atoms with van der Waals surface area (Å²) in [5.41, 5.74) is 3.33. The van der Waals surface area contributed by atoms with E-state index in [9.17, 15) is 14.7 Å². The molecule has 0 fully saturated rings. The molecule has 9 heteroatoms. The highest BCUT2D eigenvalue weighted by Gasteiger charge is 2.19. The Morgan fingerprint density at radius 1 is 0.882 bits per heavy atom. The van der Waals surface area contributed by atoms with E-state index in [0.29, 0.717) is 28.4 Å². The van der Waals surface area contributed by atoms with Crippen LogP contribution < -0.4 is 24.4 Å². The molecule has 1 amide bonds. The summed E-state index contributed by atoms with van der Waals surface area (Å²) in [5, 5.41) is 14.0. The van der Waals surface area contributed by atoms with Crippen molar-refractivity contribution in [3.8, 4) is 23.0 Å². The Balaban J connectivity index is 1.74. The van der Waals surface area contributed by atoms with Gasteiger partial charge in [-0.2, -0.15) is 5.10 Å². The molecule has 0 aromatic heterocycles. The summed E-state index contributed by atoms with van der Waals surface area (Å²) in [6.07, 6.45) is -0.0561. The van der Waals surface area contributed by atoms with Gasteiger partial charge >= 0.3 is 5.97 Å². The molecule has 3 aromatic rings. The molecule has 3 aromatic carbocycles. The molecular weight excluding hydrogens is 440 g/mol. The van der Waals surface area contributed by atoms with Gasteiger partial charge in [0.1, 0.15) is 5.75 Å². The van der Waals surface area contributed by atoms with Crippen LogP contribution in [0.4, 0.5) is 0 Å². The summed E-state index contributed by atoms with van der Waals surface area (Å²) in [7, 11) is 4.36. The number of aliphatic hydroxyl groups is 1. The summed E-state index contributed by atoms with van der Waals surface area (Å²) in [6.45, 7) is 0. The minimum atomic E-state index is -1.37. The van der Waals surface area contributed by atoms with Gasteiger partial charge in [0.15, 0.2) is 17.6 Å². The molecule has 1 unspecified atom stereocenters. The Morgan fingerprint density at radius 3 is 2.12 bits per heavy atom. The van der Waals surface area contributed by atoms with Crippen molar-refractivity contribution in [2.75, 3.05) is 21.3 Å². The number of methoxy groups -OCH3 is 3. The Morgan fingerprint density at radius 2 is 1.50 bits per heavy atom. The van der Waals surface area contributed by atoms with Crippen molar-refractivity contribution < 1.29 is 33.6 Å². The Labute approximate surface area is 196 Å². The molecule has 2 N–H and O–H groups in total. The first kappa shape index (κ1) is 24.3. The van der Waals surface area contributed by atoms with Crippen LogP contribution in [0.2, 0.25) is 0 Å². The van der Waals surface area contributed by atoms with E-state index in [-0.39, 0.29) is 11.3 Å². The monoisotopic (exact) mass is 464 g/mol. The lowest BCUT2D eigenvalue weighted by Crippen LogP contribution is -2.25. The largest absolute Gasteiger partial charge is 0.493 e. The van der Waals surface area contributed by atoms with E-state index >= 15 is 0 Å². The third-order valence-corrected chi connectivity index (χ3v) is 4.76. The zero-order valence-electron chi connectivity index (χ0n) is 18.8. The topological polar surface area (TPSA) is 116 Å². The van der Waals surface area contributed by atoms with Crippen LogP contribution in [-0.4, -0.2) is 44.5 Å². The molecule has 0 radical (unpaired) electrons. The Bertz CT molecular complexity index is 1150. The fourth-order valence-corrected chi connectivity index (χ4v) is 3.05. The van der Waals surface area contributed by atoms with Gasteiger partial charge in [0.05, 0.1) is 33.1 Å². The molecule has 1 atom stereocenters. The molecule has 0 heterocycles. The van der Waals surface area contributed by atoms with Gasteiger partial charge in [-0.25, -0.2) is 10.2 Å².